The first-order valence-electron chi connectivity index (χ1n) is 20.4. The van der Waals surface area contributed by atoms with Crippen LogP contribution in [-0.2, 0) is 28.5 Å². The fraction of sp³-hybridized carbons (Fsp3) is 0.476. The number of H-pyrrole nitrogens is 2. The molecule has 0 aliphatic carbocycles. The smallest absolute Gasteiger partial charge is 0.411 e. The Morgan fingerprint density at radius 1 is 0.641 bits per heavy atom. The minimum Gasteiger partial charge on any atom is -0.453 e. The first-order chi connectivity index (χ1) is 30.5. The fourth-order valence-corrected chi connectivity index (χ4v) is 7.71. The average Bonchev–Trinajstić information content (AvgIpc) is 4.12. The van der Waals surface area contributed by atoms with Crippen molar-refractivity contribution in [1.29, 1.82) is 0 Å². The number of rotatable bonds is 17. The van der Waals surface area contributed by atoms with Crippen molar-refractivity contribution >= 4 is 24.0 Å². The van der Waals surface area contributed by atoms with Crippen LogP contribution in [-0.4, -0.2) is 132 Å². The van der Waals surface area contributed by atoms with Crippen LogP contribution in [0.1, 0.15) is 62.3 Å². The Hall–Kier alpha value is -6.16. The number of carbonyl (C=O) groups excluding carboxylic acids is 4. The SMILES string of the molecule is COC(=O)N[C@@H](CCOCC(F)(F)F)C(=O)N1CCC[C@H]1c1ncc(-c2ccc(-c3ccc(-c4cnc([C@@H]5CCCN5C(=O)[C@H](CCOCC(F)(F)F)NC(=O)OC)[nH]4)cc3)cc2)[nH]1. The fourth-order valence-electron chi connectivity index (χ4n) is 7.71. The standard InChI is InChI=1S/C42H48F6N8O8/c1-61-39(59)53-29(15-19-63-23-41(43,44)45)37(57)55-17-3-5-33(55)35-49-21-31(51-35)27-11-7-25(8-12-27)26-9-13-28(14-10-26)32-22-50-36(52-32)34-6-4-18-56(34)38(58)30(54-40(60)62-2)16-20-64-24-42(46,47)48/h7-14,21-22,29-30,33-34H,3-6,15-20,23-24H2,1-2H3,(H,49,51)(H,50,52)(H,53,59)(H,54,60)/t29-,30-,33-,34-/m0/s1. The van der Waals surface area contributed by atoms with Gasteiger partial charge in [0, 0.05) is 39.1 Å². The number of methoxy groups -OCH3 is 2. The van der Waals surface area contributed by atoms with E-state index in [1.807, 2.05) is 48.5 Å². The summed E-state index contributed by atoms with van der Waals surface area (Å²) in [7, 11) is 2.24. The third-order valence-corrected chi connectivity index (χ3v) is 10.8. The lowest BCUT2D eigenvalue weighted by Gasteiger charge is -2.28. The molecule has 0 spiro atoms. The molecular formula is C42H48F6N8O8. The number of benzene rings is 2. The van der Waals surface area contributed by atoms with Crippen LogP contribution in [0.15, 0.2) is 60.9 Å². The number of nitrogens with zero attached hydrogens (tertiary/aromatic N) is 4. The molecule has 4 heterocycles. The van der Waals surface area contributed by atoms with Crippen LogP contribution >= 0.6 is 0 Å². The van der Waals surface area contributed by atoms with Gasteiger partial charge in [-0.05, 0) is 47.9 Å². The molecule has 22 heteroatoms. The van der Waals surface area contributed by atoms with Gasteiger partial charge in [-0.25, -0.2) is 19.6 Å². The Morgan fingerprint density at radius 2 is 1.00 bits per heavy atom. The maximum Gasteiger partial charge on any atom is 0.411 e. The van der Waals surface area contributed by atoms with E-state index in [1.165, 1.54) is 0 Å². The predicted molar refractivity (Wildman–Crippen MR) is 216 cm³/mol. The summed E-state index contributed by atoms with van der Waals surface area (Å²) in [5.41, 5.74) is 4.90. The number of nitrogens with one attached hydrogen (secondary N) is 4. The Labute approximate surface area is 363 Å². The Kier molecular flexibility index (Phi) is 15.5. The average molecular weight is 907 g/mol. The zero-order chi connectivity index (χ0) is 46.0. The lowest BCUT2D eigenvalue weighted by molar-refractivity contribution is -0.175. The van der Waals surface area contributed by atoms with E-state index in [0.29, 0.717) is 61.8 Å². The van der Waals surface area contributed by atoms with Crippen molar-refractivity contribution < 1.29 is 64.5 Å². The highest BCUT2D eigenvalue weighted by atomic mass is 19.4. The molecule has 2 aliphatic heterocycles. The van der Waals surface area contributed by atoms with Crippen LogP contribution in [0, 0.1) is 0 Å². The second-order valence-electron chi connectivity index (χ2n) is 15.2. The van der Waals surface area contributed by atoms with Crippen molar-refractivity contribution in [2.75, 3.05) is 53.7 Å². The summed E-state index contributed by atoms with van der Waals surface area (Å²) in [6, 6.07) is 12.2. The van der Waals surface area contributed by atoms with Gasteiger partial charge in [0.2, 0.25) is 11.8 Å². The molecule has 6 rings (SSSR count). The molecule has 0 radical (unpaired) electrons. The van der Waals surface area contributed by atoms with Crippen molar-refractivity contribution in [3.8, 4) is 33.6 Å². The van der Waals surface area contributed by atoms with Crippen molar-refractivity contribution in [1.82, 2.24) is 40.4 Å². The number of ether oxygens (including phenoxy) is 4. The molecule has 2 saturated heterocycles. The molecule has 4 atom stereocenters. The molecule has 2 aromatic heterocycles. The number of hydrogen-bond donors (Lipinski definition) is 4. The highest BCUT2D eigenvalue weighted by molar-refractivity contribution is 5.87. The van der Waals surface area contributed by atoms with Gasteiger partial charge in [-0.3, -0.25) is 9.59 Å². The quantitative estimate of drug-likeness (QED) is 0.0644. The molecule has 0 unspecified atom stereocenters. The number of hydrogen-bond acceptors (Lipinski definition) is 10. The number of amides is 4. The minimum absolute atomic E-state index is 0.194. The van der Waals surface area contributed by atoms with Gasteiger partial charge in [-0.2, -0.15) is 26.3 Å². The van der Waals surface area contributed by atoms with Gasteiger partial charge in [0.05, 0.1) is 50.1 Å². The number of imidazole rings is 2. The number of aromatic amines is 2. The summed E-state index contributed by atoms with van der Waals surface area (Å²) in [4.78, 5) is 70.0. The van der Waals surface area contributed by atoms with Crippen LogP contribution in [0.5, 0.6) is 0 Å². The third-order valence-electron chi connectivity index (χ3n) is 10.8. The summed E-state index contributed by atoms with van der Waals surface area (Å²) in [5, 5.41) is 4.82. The van der Waals surface area contributed by atoms with E-state index in [0.717, 1.165) is 36.5 Å². The zero-order valence-corrected chi connectivity index (χ0v) is 34.9. The number of aromatic nitrogens is 4. The third kappa shape index (κ3) is 12.5. The largest absolute Gasteiger partial charge is 0.453 e. The van der Waals surface area contributed by atoms with Crippen LogP contribution < -0.4 is 10.6 Å². The van der Waals surface area contributed by atoms with Crippen LogP contribution in [0.3, 0.4) is 0 Å². The highest BCUT2D eigenvalue weighted by Crippen LogP contribution is 2.35. The summed E-state index contributed by atoms with van der Waals surface area (Å²) in [6.07, 6.45) is -5.49. The van der Waals surface area contributed by atoms with Gasteiger partial charge in [0.25, 0.3) is 0 Å². The van der Waals surface area contributed by atoms with E-state index >= 15 is 0 Å². The first kappa shape index (κ1) is 47.3. The molecule has 2 aliphatic rings. The maximum atomic E-state index is 13.6. The molecule has 16 nitrogen and oxygen atoms in total. The second-order valence-corrected chi connectivity index (χ2v) is 15.2. The number of alkyl halides is 6. The number of carbonyl (C=O) groups is 4. The van der Waals surface area contributed by atoms with Crippen molar-refractivity contribution in [2.24, 2.45) is 0 Å². The topological polar surface area (TPSA) is 193 Å². The van der Waals surface area contributed by atoms with E-state index < -0.39 is 86.9 Å². The van der Waals surface area contributed by atoms with Crippen LogP contribution in [0.2, 0.25) is 0 Å². The summed E-state index contributed by atoms with van der Waals surface area (Å²) < 4.78 is 94.2. The first-order valence-corrected chi connectivity index (χ1v) is 20.4. The summed E-state index contributed by atoms with van der Waals surface area (Å²) in [5.74, 6) is 0.0595. The molecule has 2 fully saturated rings. The second kappa shape index (κ2) is 21.0. The molecule has 4 amide bonds. The number of halogens is 6. The van der Waals surface area contributed by atoms with Gasteiger partial charge in [0.1, 0.15) is 36.9 Å². The number of likely N-dealkylation sites (tertiary alicyclic amines) is 2. The minimum atomic E-state index is -4.53. The van der Waals surface area contributed by atoms with Gasteiger partial charge in [-0.1, -0.05) is 48.5 Å². The van der Waals surface area contributed by atoms with Crippen molar-refractivity contribution in [3.63, 3.8) is 0 Å². The lowest BCUT2D eigenvalue weighted by Crippen LogP contribution is -2.49. The predicted octanol–water partition coefficient (Wildman–Crippen LogP) is 6.85. The molecule has 2 aromatic carbocycles. The van der Waals surface area contributed by atoms with Gasteiger partial charge in [0.15, 0.2) is 0 Å². The summed E-state index contributed by atoms with van der Waals surface area (Å²) >= 11 is 0. The van der Waals surface area contributed by atoms with Gasteiger partial charge in [-0.15, -0.1) is 0 Å². The Morgan fingerprint density at radius 3 is 1.34 bits per heavy atom. The molecular weight excluding hydrogens is 858 g/mol. The molecule has 4 aromatic rings. The molecule has 0 bridgehead atoms. The van der Waals surface area contributed by atoms with Crippen LogP contribution in [0.25, 0.3) is 33.6 Å². The van der Waals surface area contributed by atoms with Crippen molar-refractivity contribution in [3.05, 3.63) is 72.6 Å². The molecule has 0 saturated carbocycles. The van der Waals surface area contributed by atoms with E-state index in [4.69, 9.17) is 0 Å². The van der Waals surface area contributed by atoms with E-state index in [9.17, 15) is 45.5 Å². The Balaban J connectivity index is 1.07. The Bertz CT molecular complexity index is 2040. The van der Waals surface area contributed by atoms with Crippen molar-refractivity contribution in [2.45, 2.75) is 75.0 Å². The number of alkyl carbamates (subject to hydrolysis) is 2. The van der Waals surface area contributed by atoms with Crippen LogP contribution in [0.4, 0.5) is 35.9 Å². The van der Waals surface area contributed by atoms with E-state index in [1.54, 1.807) is 22.2 Å². The molecule has 346 valence electrons. The van der Waals surface area contributed by atoms with E-state index in [-0.39, 0.29) is 12.8 Å². The molecule has 4 N–H and O–H groups in total. The van der Waals surface area contributed by atoms with Gasteiger partial charge < -0.3 is 49.3 Å². The maximum absolute atomic E-state index is 13.6. The zero-order valence-electron chi connectivity index (χ0n) is 34.9. The molecule has 64 heavy (non-hydrogen) atoms. The summed E-state index contributed by atoms with van der Waals surface area (Å²) in [6.45, 7) is -3.07. The highest BCUT2D eigenvalue weighted by Gasteiger charge is 2.38. The normalized spacial score (nSPS) is 17.6. The van der Waals surface area contributed by atoms with Gasteiger partial charge >= 0.3 is 24.5 Å². The lowest BCUT2D eigenvalue weighted by atomic mass is 10.0. The van der Waals surface area contributed by atoms with E-state index in [2.05, 4.69) is 49.5 Å². The monoisotopic (exact) mass is 906 g/mol.